The second kappa shape index (κ2) is 8.46. The van der Waals surface area contributed by atoms with E-state index in [4.69, 9.17) is 14.2 Å². The van der Waals surface area contributed by atoms with E-state index in [-0.39, 0.29) is 17.6 Å². The molecule has 5 heteroatoms. The van der Waals surface area contributed by atoms with Crippen molar-refractivity contribution in [3.63, 3.8) is 0 Å². The molecule has 1 aromatic rings. The zero-order chi connectivity index (χ0) is 20.1. The van der Waals surface area contributed by atoms with Crippen LogP contribution in [-0.2, 0) is 19.1 Å². The van der Waals surface area contributed by atoms with Crippen molar-refractivity contribution in [2.45, 2.75) is 33.1 Å². The number of methoxy groups -OCH3 is 1. The van der Waals surface area contributed by atoms with Crippen molar-refractivity contribution in [2.24, 2.45) is 5.41 Å². The van der Waals surface area contributed by atoms with E-state index in [1.165, 1.54) is 7.11 Å². The highest BCUT2D eigenvalue weighted by atomic mass is 16.5. The van der Waals surface area contributed by atoms with Gasteiger partial charge in [-0.05, 0) is 41.3 Å². The average molecular weight is 382 g/mol. The summed E-state index contributed by atoms with van der Waals surface area (Å²) in [6.45, 7) is 4.87. The van der Waals surface area contributed by atoms with Crippen molar-refractivity contribution in [2.75, 3.05) is 20.3 Å². The number of hydrogen-bond acceptors (Lipinski definition) is 5. The lowest BCUT2D eigenvalue weighted by Gasteiger charge is -2.32. The summed E-state index contributed by atoms with van der Waals surface area (Å²) in [5, 5.41) is 0. The molecule has 0 aromatic heterocycles. The molecule has 1 aromatic carbocycles. The van der Waals surface area contributed by atoms with Gasteiger partial charge in [-0.25, -0.2) is 4.79 Å². The first kappa shape index (κ1) is 19.9. The molecule has 2 bridgehead atoms. The van der Waals surface area contributed by atoms with Crippen LogP contribution in [-0.4, -0.2) is 32.1 Å². The highest BCUT2D eigenvalue weighted by molar-refractivity contribution is 6.01. The largest absolute Gasteiger partial charge is 0.493 e. The van der Waals surface area contributed by atoms with Crippen LogP contribution in [0.2, 0.25) is 0 Å². The lowest BCUT2D eigenvalue weighted by atomic mass is 9.75. The summed E-state index contributed by atoms with van der Waals surface area (Å²) in [7, 11) is 1.34. The number of ether oxygens (including phenoxy) is 3. The highest BCUT2D eigenvalue weighted by Crippen LogP contribution is 2.39. The van der Waals surface area contributed by atoms with E-state index in [0.29, 0.717) is 48.7 Å². The summed E-state index contributed by atoms with van der Waals surface area (Å²) in [6, 6.07) is 7.47. The molecule has 3 rings (SSSR count). The van der Waals surface area contributed by atoms with E-state index in [2.05, 4.69) is 13.8 Å². The molecule has 0 saturated carbocycles. The van der Waals surface area contributed by atoms with Crippen molar-refractivity contribution in [3.8, 4) is 5.75 Å². The Morgan fingerprint density at radius 1 is 1.11 bits per heavy atom. The molecule has 1 aliphatic heterocycles. The summed E-state index contributed by atoms with van der Waals surface area (Å²) < 4.78 is 16.6. The minimum absolute atomic E-state index is 0.0224. The van der Waals surface area contributed by atoms with Gasteiger partial charge in [-0.2, -0.15) is 0 Å². The number of carbonyl (C=O) groups is 2. The molecular formula is C23H26O5. The maximum absolute atomic E-state index is 12.9. The third-order valence-electron chi connectivity index (χ3n) is 4.83. The second-order valence-corrected chi connectivity index (χ2v) is 7.85. The summed E-state index contributed by atoms with van der Waals surface area (Å²) in [5.41, 5.74) is 1.62. The molecule has 2 aliphatic rings. The van der Waals surface area contributed by atoms with Gasteiger partial charge in [0.25, 0.3) is 0 Å². The van der Waals surface area contributed by atoms with E-state index >= 15 is 0 Å². The number of hydrogen-bond donors (Lipinski definition) is 0. The first-order valence-corrected chi connectivity index (χ1v) is 9.43. The monoisotopic (exact) mass is 382 g/mol. The first-order valence-electron chi connectivity index (χ1n) is 9.43. The maximum atomic E-state index is 12.9. The molecule has 0 radical (unpaired) electrons. The molecular weight excluding hydrogens is 356 g/mol. The Kier molecular flexibility index (Phi) is 6.02. The topological polar surface area (TPSA) is 61.8 Å². The SMILES string of the molecule is COC(=O)/C1=C/c2cccc(c2)OC/C=C\COC2=C(C1)C(=O)CC(C)(C)C2. The fourth-order valence-corrected chi connectivity index (χ4v) is 3.46. The van der Waals surface area contributed by atoms with Crippen LogP contribution < -0.4 is 4.74 Å². The molecule has 1 aliphatic carbocycles. The lowest BCUT2D eigenvalue weighted by molar-refractivity contribution is -0.136. The van der Waals surface area contributed by atoms with E-state index in [1.54, 1.807) is 6.08 Å². The van der Waals surface area contributed by atoms with E-state index < -0.39 is 5.97 Å². The van der Waals surface area contributed by atoms with Gasteiger partial charge in [0.05, 0.1) is 7.11 Å². The van der Waals surface area contributed by atoms with Crippen molar-refractivity contribution in [1.82, 2.24) is 0 Å². The van der Waals surface area contributed by atoms with E-state index in [9.17, 15) is 9.59 Å². The van der Waals surface area contributed by atoms with Crippen LogP contribution >= 0.6 is 0 Å². The smallest absolute Gasteiger partial charge is 0.334 e. The number of rotatable bonds is 1. The van der Waals surface area contributed by atoms with Gasteiger partial charge in [0.1, 0.15) is 24.7 Å². The summed E-state index contributed by atoms with van der Waals surface area (Å²) in [6.07, 6.45) is 6.79. The number of Topliss-reactive ketones (excluding diaryl/α,β-unsaturated/α-hetero) is 1. The van der Waals surface area contributed by atoms with Crippen LogP contribution in [0.3, 0.4) is 0 Å². The van der Waals surface area contributed by atoms with Gasteiger partial charge in [0, 0.05) is 30.4 Å². The number of esters is 1. The Labute approximate surface area is 165 Å². The Balaban J connectivity index is 2.07. The molecule has 0 spiro atoms. The van der Waals surface area contributed by atoms with Crippen molar-refractivity contribution >= 4 is 17.8 Å². The van der Waals surface area contributed by atoms with Gasteiger partial charge in [0.15, 0.2) is 5.78 Å². The van der Waals surface area contributed by atoms with Crippen LogP contribution in [0, 0.1) is 5.41 Å². The number of ketones is 1. The minimum atomic E-state index is -0.456. The Bertz CT molecular complexity index is 857. The molecule has 0 fully saturated rings. The molecule has 0 unspecified atom stereocenters. The van der Waals surface area contributed by atoms with Crippen LogP contribution in [0.25, 0.3) is 6.08 Å². The van der Waals surface area contributed by atoms with Gasteiger partial charge in [-0.1, -0.05) is 26.0 Å². The predicted molar refractivity (Wildman–Crippen MR) is 107 cm³/mol. The van der Waals surface area contributed by atoms with E-state index in [0.717, 1.165) is 5.56 Å². The van der Waals surface area contributed by atoms with Crippen LogP contribution in [0.1, 0.15) is 38.7 Å². The first-order chi connectivity index (χ1) is 13.4. The number of benzene rings is 1. The highest BCUT2D eigenvalue weighted by Gasteiger charge is 2.34. The van der Waals surface area contributed by atoms with Gasteiger partial charge < -0.3 is 14.2 Å². The van der Waals surface area contributed by atoms with Crippen LogP contribution in [0.4, 0.5) is 0 Å². The molecule has 28 heavy (non-hydrogen) atoms. The Hall–Kier alpha value is -2.82. The zero-order valence-electron chi connectivity index (χ0n) is 16.6. The van der Waals surface area contributed by atoms with Gasteiger partial charge in [0.2, 0.25) is 0 Å². The molecule has 0 atom stereocenters. The number of allylic oxidation sites excluding steroid dienone is 2. The van der Waals surface area contributed by atoms with Gasteiger partial charge in [-0.15, -0.1) is 0 Å². The molecule has 0 saturated heterocycles. The van der Waals surface area contributed by atoms with Crippen LogP contribution in [0.15, 0.2) is 53.3 Å². The normalized spacial score (nSPS) is 22.5. The van der Waals surface area contributed by atoms with Crippen LogP contribution in [0.5, 0.6) is 5.75 Å². The second-order valence-electron chi connectivity index (χ2n) is 7.85. The maximum Gasteiger partial charge on any atom is 0.334 e. The molecule has 5 nitrogen and oxygen atoms in total. The lowest BCUT2D eigenvalue weighted by Crippen LogP contribution is -2.27. The molecule has 148 valence electrons. The molecule has 1 heterocycles. The summed E-state index contributed by atoms with van der Waals surface area (Å²) >= 11 is 0. The van der Waals surface area contributed by atoms with Crippen molar-refractivity contribution < 1.29 is 23.8 Å². The fourth-order valence-electron chi connectivity index (χ4n) is 3.46. The third kappa shape index (κ3) is 4.91. The van der Waals surface area contributed by atoms with Gasteiger partial charge in [-0.3, -0.25) is 4.79 Å². The van der Waals surface area contributed by atoms with E-state index in [1.807, 2.05) is 36.4 Å². The average Bonchev–Trinajstić information content (AvgIpc) is 2.64. The fraction of sp³-hybridized carbons (Fsp3) is 0.391. The quantitative estimate of drug-likeness (QED) is 0.537. The van der Waals surface area contributed by atoms with Crippen molar-refractivity contribution in [3.05, 3.63) is 58.9 Å². The van der Waals surface area contributed by atoms with Gasteiger partial charge >= 0.3 is 5.97 Å². The Morgan fingerprint density at radius 2 is 1.86 bits per heavy atom. The summed E-state index contributed by atoms with van der Waals surface area (Å²) in [4.78, 5) is 25.3. The third-order valence-corrected chi connectivity index (χ3v) is 4.83. The summed E-state index contributed by atoms with van der Waals surface area (Å²) in [5.74, 6) is 0.931. The zero-order valence-corrected chi connectivity index (χ0v) is 16.6. The molecule has 0 N–H and O–H groups in total. The number of fused-ring (bicyclic) bond motifs is 2. The number of carbonyl (C=O) groups excluding carboxylic acids is 2. The Morgan fingerprint density at radius 3 is 2.61 bits per heavy atom. The predicted octanol–water partition coefficient (Wildman–Crippen LogP) is 4.24. The standard InChI is InChI=1S/C23H26O5/c1-23(2)14-20(24)19-13-17(22(25)26-3)11-16-7-6-8-18(12-16)27-9-4-5-10-28-21(19)15-23/h4-8,11-12H,9-10,13-15H2,1-3H3/b5-4-,17-11+. The van der Waals surface area contributed by atoms with Crippen molar-refractivity contribution in [1.29, 1.82) is 0 Å². The minimum Gasteiger partial charge on any atom is -0.493 e. The molecule has 0 amide bonds.